The predicted molar refractivity (Wildman–Crippen MR) is 120 cm³/mol. The summed E-state index contributed by atoms with van der Waals surface area (Å²) in [5.74, 6) is 3.08. The van der Waals surface area contributed by atoms with Gasteiger partial charge in [0, 0.05) is 65.7 Å². The zero-order valence-electron chi connectivity index (χ0n) is 17.2. The molecule has 0 N–H and O–H groups in total. The lowest BCUT2D eigenvalue weighted by Gasteiger charge is -2.36. The van der Waals surface area contributed by atoms with Crippen LogP contribution in [-0.2, 0) is 11.2 Å². The summed E-state index contributed by atoms with van der Waals surface area (Å²) < 4.78 is 0. The maximum Gasteiger partial charge on any atom is 0.225 e. The van der Waals surface area contributed by atoms with Crippen molar-refractivity contribution >= 4 is 34.9 Å². The van der Waals surface area contributed by atoms with E-state index >= 15 is 0 Å². The highest BCUT2D eigenvalue weighted by Gasteiger charge is 2.35. The number of anilines is 1. The first-order chi connectivity index (χ1) is 14.5. The monoisotopic (exact) mass is 444 g/mol. The Morgan fingerprint density at radius 1 is 1.07 bits per heavy atom. The van der Waals surface area contributed by atoms with E-state index in [4.69, 9.17) is 33.2 Å². The molecule has 2 saturated carbocycles. The van der Waals surface area contributed by atoms with Crippen molar-refractivity contribution in [3.63, 3.8) is 0 Å². The van der Waals surface area contributed by atoms with E-state index in [1.807, 2.05) is 17.0 Å². The first kappa shape index (κ1) is 20.1. The molecule has 0 radical (unpaired) electrons. The molecule has 30 heavy (non-hydrogen) atoms. The molecule has 158 valence electrons. The van der Waals surface area contributed by atoms with Gasteiger partial charge in [0.1, 0.15) is 11.6 Å². The number of carbonyl (C=O) groups excluding carboxylic acids is 1. The molecule has 3 aliphatic rings. The number of hydrogen-bond acceptors (Lipinski definition) is 4. The zero-order chi connectivity index (χ0) is 20.8. The number of benzene rings is 1. The Bertz CT molecular complexity index is 979. The molecule has 1 aliphatic heterocycles. The molecule has 1 aromatic carbocycles. The van der Waals surface area contributed by atoms with Crippen LogP contribution in [0.4, 0.5) is 5.82 Å². The zero-order valence-corrected chi connectivity index (χ0v) is 18.7. The Kier molecular flexibility index (Phi) is 5.36. The summed E-state index contributed by atoms with van der Waals surface area (Å²) in [6.07, 6.45) is 5.13. The number of aromatic nitrogens is 2. The number of piperazine rings is 1. The number of amides is 1. The van der Waals surface area contributed by atoms with E-state index in [0.29, 0.717) is 28.3 Å². The predicted octanol–water partition coefficient (Wildman–Crippen LogP) is 4.62. The molecule has 3 fully saturated rings. The summed E-state index contributed by atoms with van der Waals surface area (Å²) in [6, 6.07) is 5.64. The number of carbonyl (C=O) groups is 1. The van der Waals surface area contributed by atoms with E-state index in [-0.39, 0.29) is 5.92 Å². The van der Waals surface area contributed by atoms with Crippen LogP contribution in [0.3, 0.4) is 0 Å². The Balaban J connectivity index is 1.43. The number of aryl methyl sites for hydroxylation is 1. The second-order valence-corrected chi connectivity index (χ2v) is 9.59. The van der Waals surface area contributed by atoms with Crippen LogP contribution >= 0.6 is 23.2 Å². The smallest absolute Gasteiger partial charge is 0.225 e. The molecule has 2 aromatic rings. The van der Waals surface area contributed by atoms with Gasteiger partial charge in [-0.25, -0.2) is 9.97 Å². The van der Waals surface area contributed by atoms with Gasteiger partial charge < -0.3 is 9.80 Å². The van der Waals surface area contributed by atoms with Gasteiger partial charge in [-0.1, -0.05) is 29.3 Å². The second kappa shape index (κ2) is 8.01. The molecule has 1 saturated heterocycles. The number of hydrogen-bond donors (Lipinski definition) is 0. The van der Waals surface area contributed by atoms with Crippen molar-refractivity contribution in [2.75, 3.05) is 31.1 Å². The summed E-state index contributed by atoms with van der Waals surface area (Å²) in [4.78, 5) is 26.7. The lowest BCUT2D eigenvalue weighted by molar-refractivity contribution is -0.132. The van der Waals surface area contributed by atoms with Crippen LogP contribution in [0, 0.1) is 12.8 Å². The lowest BCUT2D eigenvalue weighted by atomic mass is 10.0. The molecular weight excluding hydrogens is 419 g/mol. The van der Waals surface area contributed by atoms with E-state index in [9.17, 15) is 4.79 Å². The third-order valence-corrected chi connectivity index (χ3v) is 6.94. The molecule has 2 heterocycles. The van der Waals surface area contributed by atoms with Crippen molar-refractivity contribution in [3.8, 4) is 0 Å². The summed E-state index contributed by atoms with van der Waals surface area (Å²) >= 11 is 12.6. The topological polar surface area (TPSA) is 49.3 Å². The van der Waals surface area contributed by atoms with Gasteiger partial charge >= 0.3 is 0 Å². The summed E-state index contributed by atoms with van der Waals surface area (Å²) in [7, 11) is 0. The van der Waals surface area contributed by atoms with Crippen molar-refractivity contribution < 1.29 is 4.79 Å². The number of rotatable bonds is 5. The fourth-order valence-electron chi connectivity index (χ4n) is 4.18. The van der Waals surface area contributed by atoms with Crippen LogP contribution in [-0.4, -0.2) is 47.0 Å². The molecule has 1 amide bonds. The molecule has 5 rings (SSSR count). The first-order valence-corrected chi connectivity index (χ1v) is 11.6. The van der Waals surface area contributed by atoms with E-state index < -0.39 is 0 Å². The SMILES string of the molecule is Cc1nc(C2CC2)nc(N2CCN(C(=O)C3CC3)CC2)c1Cc1ccc(Cl)cc1Cl. The van der Waals surface area contributed by atoms with Crippen LogP contribution in [0.25, 0.3) is 0 Å². The van der Waals surface area contributed by atoms with Crippen LogP contribution in [0.15, 0.2) is 18.2 Å². The van der Waals surface area contributed by atoms with E-state index in [1.165, 1.54) is 12.8 Å². The fourth-order valence-corrected chi connectivity index (χ4v) is 4.65. The minimum absolute atomic E-state index is 0.280. The number of halogens is 2. The Morgan fingerprint density at radius 2 is 1.80 bits per heavy atom. The van der Waals surface area contributed by atoms with Gasteiger partial charge in [-0.05, 0) is 50.3 Å². The third kappa shape index (κ3) is 4.15. The van der Waals surface area contributed by atoms with Crippen molar-refractivity contribution in [1.82, 2.24) is 14.9 Å². The molecule has 7 heteroatoms. The summed E-state index contributed by atoms with van der Waals surface area (Å²) in [5.41, 5.74) is 3.16. The van der Waals surface area contributed by atoms with E-state index in [0.717, 1.165) is 67.5 Å². The van der Waals surface area contributed by atoms with Gasteiger partial charge in [0.15, 0.2) is 0 Å². The minimum atomic E-state index is 0.280. The molecule has 0 spiro atoms. The molecular formula is C23H26Cl2N4O. The maximum absolute atomic E-state index is 12.4. The van der Waals surface area contributed by atoms with E-state index in [1.54, 1.807) is 6.07 Å². The van der Waals surface area contributed by atoms with Crippen LogP contribution in [0.2, 0.25) is 10.0 Å². The highest BCUT2D eigenvalue weighted by Crippen LogP contribution is 2.40. The van der Waals surface area contributed by atoms with Crippen molar-refractivity contribution in [2.45, 2.75) is 44.9 Å². The maximum atomic E-state index is 12.4. The number of nitrogens with zero attached hydrogens (tertiary/aromatic N) is 4. The van der Waals surface area contributed by atoms with E-state index in [2.05, 4.69) is 11.8 Å². The standard InChI is InChI=1S/C23H26Cl2N4O/c1-14-19(12-17-6-7-18(24)13-20(17)25)22(27-21(26-14)15-2-3-15)28-8-10-29(11-9-28)23(30)16-4-5-16/h6-7,13,15-16H,2-5,8-12H2,1H3. The van der Waals surface area contributed by atoms with Gasteiger partial charge in [-0.3, -0.25) is 4.79 Å². The Morgan fingerprint density at radius 3 is 2.43 bits per heavy atom. The molecule has 0 unspecified atom stereocenters. The van der Waals surface area contributed by atoms with Crippen molar-refractivity contribution in [3.05, 3.63) is 50.9 Å². The largest absolute Gasteiger partial charge is 0.353 e. The highest BCUT2D eigenvalue weighted by molar-refractivity contribution is 6.35. The Hall–Kier alpha value is -1.85. The molecule has 0 atom stereocenters. The average Bonchev–Trinajstić information content (AvgIpc) is 3.63. The summed E-state index contributed by atoms with van der Waals surface area (Å²) in [5, 5.41) is 1.30. The molecule has 2 aliphatic carbocycles. The van der Waals surface area contributed by atoms with Crippen LogP contribution in [0.1, 0.15) is 54.2 Å². The second-order valence-electron chi connectivity index (χ2n) is 8.74. The van der Waals surface area contributed by atoms with Crippen molar-refractivity contribution in [2.24, 2.45) is 5.92 Å². The molecule has 0 bridgehead atoms. The third-order valence-electron chi connectivity index (χ3n) is 6.35. The van der Waals surface area contributed by atoms with Crippen LogP contribution < -0.4 is 4.90 Å². The average molecular weight is 445 g/mol. The molecule has 1 aromatic heterocycles. The lowest BCUT2D eigenvalue weighted by Crippen LogP contribution is -2.49. The van der Waals surface area contributed by atoms with Crippen molar-refractivity contribution in [1.29, 1.82) is 0 Å². The summed E-state index contributed by atoms with van der Waals surface area (Å²) in [6.45, 7) is 5.21. The van der Waals surface area contributed by atoms with Gasteiger partial charge in [-0.2, -0.15) is 0 Å². The van der Waals surface area contributed by atoms with Gasteiger partial charge in [0.05, 0.1) is 0 Å². The van der Waals surface area contributed by atoms with Gasteiger partial charge in [0.2, 0.25) is 5.91 Å². The Labute approximate surface area is 187 Å². The fraction of sp³-hybridized carbons (Fsp3) is 0.522. The van der Waals surface area contributed by atoms with Gasteiger partial charge in [0.25, 0.3) is 0 Å². The molecule has 5 nitrogen and oxygen atoms in total. The quantitative estimate of drug-likeness (QED) is 0.674. The van der Waals surface area contributed by atoms with Gasteiger partial charge in [-0.15, -0.1) is 0 Å². The first-order valence-electron chi connectivity index (χ1n) is 10.8. The minimum Gasteiger partial charge on any atom is -0.353 e. The highest BCUT2D eigenvalue weighted by atomic mass is 35.5. The normalized spacial score (nSPS) is 19.3. The van der Waals surface area contributed by atoms with Crippen LogP contribution in [0.5, 0.6) is 0 Å².